The monoisotopic (exact) mass is 374 g/mol. The third-order valence-corrected chi connectivity index (χ3v) is 4.69. The second kappa shape index (κ2) is 11.6. The Morgan fingerprint density at radius 1 is 1.26 bits per heavy atom. The van der Waals surface area contributed by atoms with Crippen molar-refractivity contribution in [1.82, 2.24) is 16.0 Å². The number of carbonyl (C=O) groups is 1. The van der Waals surface area contributed by atoms with E-state index < -0.39 is 0 Å². The zero-order valence-electron chi connectivity index (χ0n) is 16.8. The summed E-state index contributed by atoms with van der Waals surface area (Å²) in [6, 6.07) is 10.6. The van der Waals surface area contributed by atoms with Gasteiger partial charge in [-0.1, -0.05) is 36.8 Å². The molecule has 2 atom stereocenters. The minimum absolute atomic E-state index is 0.0889. The number of aliphatic imine (C=N–C) groups is 1. The second-order valence-electron chi connectivity index (χ2n) is 7.41. The lowest BCUT2D eigenvalue weighted by Gasteiger charge is -2.30. The summed E-state index contributed by atoms with van der Waals surface area (Å²) in [5.41, 5.74) is 1.17. The molecule has 0 radical (unpaired) electrons. The van der Waals surface area contributed by atoms with Crippen LogP contribution in [0.3, 0.4) is 0 Å². The number of hydrogen-bond donors (Lipinski definition) is 3. The SMILES string of the molecule is CN=C(NCCOCc1ccccc1)NC1CCCC(C(=O)NC(C)C)C1. The number of nitrogens with zero attached hydrogens (tertiary/aromatic N) is 1. The number of amides is 1. The maximum Gasteiger partial charge on any atom is 0.223 e. The summed E-state index contributed by atoms with van der Waals surface area (Å²) in [5, 5.41) is 9.78. The Balaban J connectivity index is 1.67. The van der Waals surface area contributed by atoms with Crippen LogP contribution in [0.1, 0.15) is 45.1 Å². The van der Waals surface area contributed by atoms with Gasteiger partial charge in [-0.15, -0.1) is 0 Å². The number of nitrogens with one attached hydrogen (secondary N) is 3. The number of benzene rings is 1. The highest BCUT2D eigenvalue weighted by Gasteiger charge is 2.27. The van der Waals surface area contributed by atoms with E-state index in [1.165, 1.54) is 5.56 Å². The third-order valence-electron chi connectivity index (χ3n) is 4.69. The zero-order chi connectivity index (χ0) is 19.5. The molecule has 0 aliphatic heterocycles. The van der Waals surface area contributed by atoms with Crippen LogP contribution in [-0.2, 0) is 16.1 Å². The molecule has 150 valence electrons. The van der Waals surface area contributed by atoms with Crippen LogP contribution in [0.4, 0.5) is 0 Å². The van der Waals surface area contributed by atoms with Crippen molar-refractivity contribution in [3.63, 3.8) is 0 Å². The maximum atomic E-state index is 12.3. The number of ether oxygens (including phenoxy) is 1. The molecule has 0 spiro atoms. The summed E-state index contributed by atoms with van der Waals surface area (Å²) < 4.78 is 5.69. The van der Waals surface area contributed by atoms with Crippen molar-refractivity contribution in [1.29, 1.82) is 0 Å². The average molecular weight is 375 g/mol. The summed E-state index contributed by atoms with van der Waals surface area (Å²) in [7, 11) is 1.77. The summed E-state index contributed by atoms with van der Waals surface area (Å²) in [6.07, 6.45) is 3.95. The van der Waals surface area contributed by atoms with Gasteiger partial charge >= 0.3 is 0 Å². The lowest BCUT2D eigenvalue weighted by atomic mass is 9.85. The van der Waals surface area contributed by atoms with E-state index in [4.69, 9.17) is 4.74 Å². The molecular weight excluding hydrogens is 340 g/mol. The molecule has 1 aromatic carbocycles. The van der Waals surface area contributed by atoms with Gasteiger partial charge in [0.25, 0.3) is 0 Å². The molecule has 1 aliphatic carbocycles. The van der Waals surface area contributed by atoms with Crippen LogP contribution in [-0.4, -0.2) is 44.1 Å². The van der Waals surface area contributed by atoms with Gasteiger partial charge in [0, 0.05) is 31.6 Å². The first-order chi connectivity index (χ1) is 13.1. The minimum Gasteiger partial charge on any atom is -0.375 e. The third kappa shape index (κ3) is 7.99. The molecule has 0 saturated heterocycles. The topological polar surface area (TPSA) is 74.8 Å². The van der Waals surface area contributed by atoms with Crippen molar-refractivity contribution < 1.29 is 9.53 Å². The standard InChI is InChI=1S/C21H34N4O2/c1-16(2)24-20(26)18-10-7-11-19(14-18)25-21(22-3)23-12-13-27-15-17-8-5-4-6-9-17/h4-6,8-9,16,18-19H,7,10-15H2,1-3H3,(H,24,26)(H2,22,23,25). The van der Waals surface area contributed by atoms with E-state index in [1.807, 2.05) is 32.0 Å². The number of rotatable bonds is 8. The summed E-state index contributed by atoms with van der Waals surface area (Å²) in [4.78, 5) is 16.6. The Hall–Kier alpha value is -2.08. The van der Waals surface area contributed by atoms with Crippen LogP contribution in [0.2, 0.25) is 0 Å². The molecule has 6 heteroatoms. The molecule has 0 aromatic heterocycles. The van der Waals surface area contributed by atoms with Crippen molar-refractivity contribution >= 4 is 11.9 Å². The minimum atomic E-state index is 0.0889. The molecule has 6 nitrogen and oxygen atoms in total. The summed E-state index contributed by atoms with van der Waals surface area (Å²) >= 11 is 0. The predicted octanol–water partition coefficient (Wildman–Crippen LogP) is 2.45. The quantitative estimate of drug-likeness (QED) is 0.371. The van der Waals surface area contributed by atoms with Gasteiger partial charge in [-0.05, 0) is 38.7 Å². The van der Waals surface area contributed by atoms with Crippen molar-refractivity contribution in [2.24, 2.45) is 10.9 Å². The smallest absolute Gasteiger partial charge is 0.223 e. The van der Waals surface area contributed by atoms with E-state index in [1.54, 1.807) is 7.05 Å². The van der Waals surface area contributed by atoms with Crippen LogP contribution in [0.15, 0.2) is 35.3 Å². The fraction of sp³-hybridized carbons (Fsp3) is 0.619. The second-order valence-corrected chi connectivity index (χ2v) is 7.41. The predicted molar refractivity (Wildman–Crippen MR) is 110 cm³/mol. The number of hydrogen-bond acceptors (Lipinski definition) is 3. The number of guanidine groups is 1. The Morgan fingerprint density at radius 2 is 2.04 bits per heavy atom. The van der Waals surface area contributed by atoms with Gasteiger partial charge in [-0.25, -0.2) is 0 Å². The molecule has 1 amide bonds. The normalized spacial score (nSPS) is 20.4. The Kier molecular flexibility index (Phi) is 9.11. The van der Waals surface area contributed by atoms with Gasteiger partial charge in [0.2, 0.25) is 5.91 Å². The van der Waals surface area contributed by atoms with Gasteiger partial charge in [0.15, 0.2) is 5.96 Å². The highest BCUT2D eigenvalue weighted by molar-refractivity contribution is 5.81. The maximum absolute atomic E-state index is 12.3. The Bertz CT molecular complexity index is 589. The highest BCUT2D eigenvalue weighted by atomic mass is 16.5. The van der Waals surface area contributed by atoms with Crippen LogP contribution in [0.5, 0.6) is 0 Å². The molecule has 2 unspecified atom stereocenters. The molecule has 1 fully saturated rings. The molecule has 1 saturated carbocycles. The first kappa shape index (κ1) is 21.2. The van der Waals surface area contributed by atoms with Crippen molar-refractivity contribution in [3.05, 3.63) is 35.9 Å². The van der Waals surface area contributed by atoms with Crippen molar-refractivity contribution in [2.75, 3.05) is 20.2 Å². The lowest BCUT2D eigenvalue weighted by Crippen LogP contribution is -2.48. The molecule has 1 aromatic rings. The van der Waals surface area contributed by atoms with Gasteiger partial charge < -0.3 is 20.7 Å². The molecule has 1 aliphatic rings. The van der Waals surface area contributed by atoms with Gasteiger partial charge in [0.05, 0.1) is 13.2 Å². The van der Waals surface area contributed by atoms with Gasteiger partial charge in [-0.3, -0.25) is 9.79 Å². The molecule has 0 heterocycles. The van der Waals surface area contributed by atoms with Gasteiger partial charge in [0.1, 0.15) is 0 Å². The van der Waals surface area contributed by atoms with Crippen LogP contribution >= 0.6 is 0 Å². The zero-order valence-corrected chi connectivity index (χ0v) is 16.8. The van der Waals surface area contributed by atoms with E-state index in [-0.39, 0.29) is 23.9 Å². The average Bonchev–Trinajstić information content (AvgIpc) is 2.67. The highest BCUT2D eigenvalue weighted by Crippen LogP contribution is 2.24. The summed E-state index contributed by atoms with van der Waals surface area (Å²) in [6.45, 7) is 5.92. The molecule has 2 rings (SSSR count). The molecule has 3 N–H and O–H groups in total. The number of carbonyl (C=O) groups excluding carboxylic acids is 1. The fourth-order valence-electron chi connectivity index (χ4n) is 3.36. The Labute approximate surface area is 163 Å². The lowest BCUT2D eigenvalue weighted by molar-refractivity contribution is -0.126. The van der Waals surface area contributed by atoms with Crippen LogP contribution < -0.4 is 16.0 Å². The van der Waals surface area contributed by atoms with Gasteiger partial charge in [-0.2, -0.15) is 0 Å². The molecule has 27 heavy (non-hydrogen) atoms. The largest absolute Gasteiger partial charge is 0.375 e. The van der Waals surface area contributed by atoms with E-state index in [0.717, 1.165) is 31.6 Å². The van der Waals surface area contributed by atoms with E-state index in [2.05, 4.69) is 33.1 Å². The first-order valence-electron chi connectivity index (χ1n) is 9.97. The molecule has 0 bridgehead atoms. The molecular formula is C21H34N4O2. The van der Waals surface area contributed by atoms with E-state index in [9.17, 15) is 4.79 Å². The van der Waals surface area contributed by atoms with Crippen LogP contribution in [0.25, 0.3) is 0 Å². The van der Waals surface area contributed by atoms with E-state index in [0.29, 0.717) is 19.8 Å². The fourth-order valence-corrected chi connectivity index (χ4v) is 3.36. The summed E-state index contributed by atoms with van der Waals surface area (Å²) in [5.74, 6) is 1.04. The van der Waals surface area contributed by atoms with Crippen LogP contribution in [0, 0.1) is 5.92 Å². The first-order valence-corrected chi connectivity index (χ1v) is 9.97. The van der Waals surface area contributed by atoms with Crippen molar-refractivity contribution in [3.8, 4) is 0 Å². The van der Waals surface area contributed by atoms with Crippen molar-refractivity contribution in [2.45, 2.75) is 58.2 Å². The van der Waals surface area contributed by atoms with E-state index >= 15 is 0 Å². The Morgan fingerprint density at radius 3 is 2.74 bits per heavy atom.